The number of aliphatic carboxylic acids is 1. The minimum Gasteiger partial charge on any atom is -0.497 e. The second kappa shape index (κ2) is 18.1. The molecule has 210 valence electrons. The summed E-state index contributed by atoms with van der Waals surface area (Å²) in [4.78, 5) is 10.9. The number of unbranched alkanes of at least 4 members (excludes halogenated alkanes) is 5. The lowest BCUT2D eigenvalue weighted by Gasteiger charge is -2.25. The number of hydrogen-bond donors (Lipinski definition) is 7. The Kier molecular flexibility index (Phi) is 16.0. The Morgan fingerprint density at radius 2 is 1.49 bits per heavy atom. The Labute approximate surface area is 219 Å². The molecule has 0 aliphatic rings. The van der Waals surface area contributed by atoms with Gasteiger partial charge in [-0.3, -0.25) is 4.79 Å². The fraction of sp³-hybridized carbons (Fsp3) is 0.607. The molecule has 2 aromatic rings. The van der Waals surface area contributed by atoms with E-state index in [1.54, 1.807) is 14.0 Å². The van der Waals surface area contributed by atoms with E-state index in [9.17, 15) is 20.1 Å². The summed E-state index contributed by atoms with van der Waals surface area (Å²) in [6, 6.07) is 11.4. The van der Waals surface area contributed by atoms with E-state index in [-0.39, 0.29) is 6.54 Å². The van der Waals surface area contributed by atoms with E-state index in [1.165, 1.54) is 25.7 Å². The number of carbonyl (C=O) groups is 1. The minimum atomic E-state index is -1.55. The van der Waals surface area contributed by atoms with Gasteiger partial charge in [0.05, 0.1) is 25.7 Å². The zero-order chi connectivity index (χ0) is 27.8. The SMILES string of the molecule is CCCCCCCCNC[C@H](O)[C@@H](O)[C@H](O)[C@H](O)CO.COc1ccc2cc([C@H](C)C(=O)O)ccc2c1. The molecule has 5 atom stereocenters. The molecule has 0 radical (unpaired) electrons. The summed E-state index contributed by atoms with van der Waals surface area (Å²) in [5.41, 5.74) is 0.815. The van der Waals surface area contributed by atoms with E-state index in [1.807, 2.05) is 36.4 Å². The van der Waals surface area contributed by atoms with Gasteiger partial charge in [-0.05, 0) is 48.4 Å². The molecule has 37 heavy (non-hydrogen) atoms. The number of fused-ring (bicyclic) bond motifs is 1. The van der Waals surface area contributed by atoms with Crippen LogP contribution in [0.5, 0.6) is 5.75 Å². The summed E-state index contributed by atoms with van der Waals surface area (Å²) in [5, 5.41) is 60.5. The van der Waals surface area contributed by atoms with Crippen LogP contribution in [0, 0.1) is 0 Å². The number of ether oxygens (including phenoxy) is 1. The number of carboxylic acids is 1. The van der Waals surface area contributed by atoms with Gasteiger partial charge in [0.1, 0.15) is 24.1 Å². The van der Waals surface area contributed by atoms with Crippen LogP contribution < -0.4 is 10.1 Å². The Morgan fingerprint density at radius 3 is 2.11 bits per heavy atom. The van der Waals surface area contributed by atoms with E-state index in [0.29, 0.717) is 0 Å². The molecule has 0 unspecified atom stereocenters. The van der Waals surface area contributed by atoms with Crippen LogP contribution in [0.25, 0.3) is 10.8 Å². The molecule has 0 fully saturated rings. The standard InChI is InChI=1S/C14H31NO5.C14H14O3/c1-2-3-4-5-6-7-8-15-9-11(17)13(19)14(20)12(18)10-16;1-9(14(15)16)10-3-4-12-8-13(17-2)6-5-11(12)7-10/h11-20H,2-10H2,1H3;3-9H,1-2H3,(H,15,16)/t11-,12+,13+,14+;9-/m00/s1. The predicted octanol–water partition coefficient (Wildman–Crippen LogP) is 2.41. The Hall–Kier alpha value is -2.27. The van der Waals surface area contributed by atoms with Crippen LogP contribution in [-0.2, 0) is 4.79 Å². The molecule has 0 bridgehead atoms. The summed E-state index contributed by atoms with van der Waals surface area (Å²) in [5.74, 6) is -0.490. The van der Waals surface area contributed by atoms with Gasteiger partial charge in [-0.2, -0.15) is 0 Å². The fourth-order valence-electron chi connectivity index (χ4n) is 3.75. The van der Waals surface area contributed by atoms with Gasteiger partial charge in [-0.25, -0.2) is 0 Å². The number of benzene rings is 2. The van der Waals surface area contributed by atoms with Gasteiger partial charge in [-0.15, -0.1) is 0 Å². The van der Waals surface area contributed by atoms with Gasteiger partial charge in [0.15, 0.2) is 0 Å². The highest BCUT2D eigenvalue weighted by atomic mass is 16.5. The van der Waals surface area contributed by atoms with Crippen molar-refractivity contribution >= 4 is 16.7 Å². The quantitative estimate of drug-likeness (QED) is 0.164. The van der Waals surface area contributed by atoms with Crippen molar-refractivity contribution in [3.8, 4) is 5.75 Å². The van der Waals surface area contributed by atoms with Gasteiger partial charge in [0.2, 0.25) is 0 Å². The Bertz CT molecular complexity index is 909. The molecule has 9 heteroatoms. The molecule has 0 heterocycles. The van der Waals surface area contributed by atoms with Gasteiger partial charge >= 0.3 is 5.97 Å². The molecule has 2 rings (SSSR count). The highest BCUT2D eigenvalue weighted by Crippen LogP contribution is 2.25. The summed E-state index contributed by atoms with van der Waals surface area (Å²) in [6.07, 6.45) is 1.45. The first-order valence-corrected chi connectivity index (χ1v) is 13.0. The summed E-state index contributed by atoms with van der Waals surface area (Å²) in [6.45, 7) is 4.10. The number of aliphatic hydroxyl groups excluding tert-OH is 5. The van der Waals surface area contributed by atoms with Gasteiger partial charge in [0, 0.05) is 6.54 Å². The largest absolute Gasteiger partial charge is 0.497 e. The van der Waals surface area contributed by atoms with Crippen LogP contribution in [0.15, 0.2) is 36.4 Å². The second-order valence-corrected chi connectivity index (χ2v) is 9.30. The van der Waals surface area contributed by atoms with E-state index in [4.69, 9.17) is 20.1 Å². The zero-order valence-corrected chi connectivity index (χ0v) is 22.2. The first-order chi connectivity index (χ1) is 17.7. The molecule has 0 amide bonds. The zero-order valence-electron chi connectivity index (χ0n) is 22.2. The average Bonchev–Trinajstić information content (AvgIpc) is 2.92. The third-order valence-corrected chi connectivity index (χ3v) is 6.33. The number of rotatable bonds is 16. The highest BCUT2D eigenvalue weighted by Gasteiger charge is 2.29. The van der Waals surface area contributed by atoms with Crippen molar-refractivity contribution in [3.63, 3.8) is 0 Å². The summed E-state index contributed by atoms with van der Waals surface area (Å²) >= 11 is 0. The van der Waals surface area contributed by atoms with E-state index in [0.717, 1.165) is 41.5 Å². The molecule has 0 aromatic heterocycles. The highest BCUT2D eigenvalue weighted by molar-refractivity contribution is 5.86. The predicted molar refractivity (Wildman–Crippen MR) is 144 cm³/mol. The first-order valence-electron chi connectivity index (χ1n) is 13.0. The van der Waals surface area contributed by atoms with Crippen LogP contribution >= 0.6 is 0 Å². The Morgan fingerprint density at radius 1 is 0.892 bits per heavy atom. The number of nitrogens with one attached hydrogen (secondary N) is 1. The van der Waals surface area contributed by atoms with Crippen molar-refractivity contribution < 1.29 is 40.2 Å². The van der Waals surface area contributed by atoms with Gasteiger partial charge in [0.25, 0.3) is 0 Å². The van der Waals surface area contributed by atoms with E-state index in [2.05, 4.69) is 12.2 Å². The van der Waals surface area contributed by atoms with Crippen LogP contribution in [0.4, 0.5) is 0 Å². The van der Waals surface area contributed by atoms with Crippen molar-refractivity contribution in [2.45, 2.75) is 82.7 Å². The molecule has 0 spiro atoms. The summed E-state index contributed by atoms with van der Waals surface area (Å²) in [7, 11) is 1.63. The third kappa shape index (κ3) is 11.8. The summed E-state index contributed by atoms with van der Waals surface area (Å²) < 4.78 is 5.14. The molecule has 9 nitrogen and oxygen atoms in total. The van der Waals surface area contributed by atoms with Crippen LogP contribution in [0.3, 0.4) is 0 Å². The number of methoxy groups -OCH3 is 1. The van der Waals surface area contributed by atoms with Gasteiger partial charge in [-0.1, -0.05) is 63.3 Å². The molecule has 2 aromatic carbocycles. The van der Waals surface area contributed by atoms with Crippen LogP contribution in [0.2, 0.25) is 0 Å². The van der Waals surface area contributed by atoms with Crippen molar-refractivity contribution in [1.82, 2.24) is 5.32 Å². The Balaban J connectivity index is 0.000000373. The maximum atomic E-state index is 10.9. The lowest BCUT2D eigenvalue weighted by atomic mass is 9.98. The van der Waals surface area contributed by atoms with Crippen molar-refractivity contribution in [3.05, 3.63) is 42.0 Å². The number of carboxylic acid groups (broad SMARTS) is 1. The normalized spacial score (nSPS) is 15.2. The van der Waals surface area contributed by atoms with E-state index < -0.39 is 42.9 Å². The van der Waals surface area contributed by atoms with Gasteiger partial charge < -0.3 is 40.7 Å². The lowest BCUT2D eigenvalue weighted by Crippen LogP contribution is -2.49. The molecule has 0 aliphatic carbocycles. The first kappa shape index (κ1) is 32.8. The maximum absolute atomic E-state index is 10.9. The minimum absolute atomic E-state index is 0.144. The molecular formula is C28H45NO8. The van der Waals surface area contributed by atoms with E-state index >= 15 is 0 Å². The number of hydrogen-bond acceptors (Lipinski definition) is 8. The molecular weight excluding hydrogens is 478 g/mol. The molecule has 0 saturated heterocycles. The van der Waals surface area contributed by atoms with Crippen molar-refractivity contribution in [1.29, 1.82) is 0 Å². The molecule has 0 saturated carbocycles. The van der Waals surface area contributed by atoms with Crippen molar-refractivity contribution in [2.24, 2.45) is 0 Å². The molecule has 7 N–H and O–H groups in total. The van der Waals surface area contributed by atoms with Crippen LogP contribution in [0.1, 0.15) is 63.9 Å². The molecule has 0 aliphatic heterocycles. The maximum Gasteiger partial charge on any atom is 0.310 e. The van der Waals surface area contributed by atoms with Crippen molar-refractivity contribution in [2.75, 3.05) is 26.8 Å². The third-order valence-electron chi connectivity index (χ3n) is 6.33. The fourth-order valence-corrected chi connectivity index (χ4v) is 3.75. The smallest absolute Gasteiger partial charge is 0.310 e. The topological polar surface area (TPSA) is 160 Å². The lowest BCUT2D eigenvalue weighted by molar-refractivity contribution is -0.138. The monoisotopic (exact) mass is 523 g/mol. The van der Waals surface area contributed by atoms with Crippen LogP contribution in [-0.4, -0.2) is 87.8 Å². The second-order valence-electron chi connectivity index (χ2n) is 9.30. The average molecular weight is 524 g/mol. The number of aliphatic hydroxyl groups is 5.